The molecule has 0 aromatic heterocycles. The summed E-state index contributed by atoms with van der Waals surface area (Å²) in [6, 6.07) is 8.62. The van der Waals surface area contributed by atoms with Crippen molar-refractivity contribution in [3.8, 4) is 0 Å². The molecule has 8 heteroatoms. The van der Waals surface area contributed by atoms with Gasteiger partial charge in [0.15, 0.2) is 0 Å². The second-order valence-electron chi connectivity index (χ2n) is 4.45. The van der Waals surface area contributed by atoms with Gasteiger partial charge in [0, 0.05) is 12.1 Å². The van der Waals surface area contributed by atoms with Crippen molar-refractivity contribution in [2.24, 2.45) is 0 Å². The molecule has 0 unspecified atom stereocenters. The summed E-state index contributed by atoms with van der Waals surface area (Å²) in [6.45, 7) is 1.88. The van der Waals surface area contributed by atoms with Gasteiger partial charge >= 0.3 is 0 Å². The van der Waals surface area contributed by atoms with Crippen molar-refractivity contribution < 1.29 is 19.2 Å². The normalized spacial score (nSPS) is 9.78. The first kappa shape index (κ1) is 18.7. The molecule has 7 nitrogen and oxygen atoms in total. The average molecular weight is 337 g/mol. The third kappa shape index (κ3) is 8.01. The van der Waals surface area contributed by atoms with Crippen LogP contribution in [0.4, 0.5) is 0 Å². The summed E-state index contributed by atoms with van der Waals surface area (Å²) in [5.41, 5.74) is 0.518. The molecular formula is C15H19N3O4S. The van der Waals surface area contributed by atoms with E-state index in [1.54, 1.807) is 37.3 Å². The topological polar surface area (TPSA) is 104 Å². The van der Waals surface area contributed by atoms with E-state index in [0.717, 1.165) is 11.8 Å². The first-order valence-corrected chi connectivity index (χ1v) is 8.03. The molecule has 0 fully saturated rings. The minimum atomic E-state index is -0.469. The Morgan fingerprint density at radius 2 is 1.43 bits per heavy atom. The van der Waals surface area contributed by atoms with Crippen LogP contribution in [0, 0.1) is 0 Å². The van der Waals surface area contributed by atoms with E-state index in [1.165, 1.54) is 0 Å². The van der Waals surface area contributed by atoms with Gasteiger partial charge in [-0.25, -0.2) is 0 Å². The highest BCUT2D eigenvalue weighted by atomic mass is 32.2. The molecule has 0 saturated carbocycles. The van der Waals surface area contributed by atoms with Crippen LogP contribution in [-0.4, -0.2) is 48.2 Å². The van der Waals surface area contributed by atoms with Crippen LogP contribution in [0.15, 0.2) is 30.3 Å². The number of nitrogens with one attached hydrogen (secondary N) is 3. The van der Waals surface area contributed by atoms with Crippen LogP contribution in [0.3, 0.4) is 0 Å². The zero-order valence-corrected chi connectivity index (χ0v) is 13.6. The number of amides is 3. The van der Waals surface area contributed by atoms with E-state index < -0.39 is 11.8 Å². The number of hydrogen-bond acceptors (Lipinski definition) is 5. The van der Waals surface area contributed by atoms with Crippen molar-refractivity contribution in [2.75, 3.05) is 25.4 Å². The highest BCUT2D eigenvalue weighted by molar-refractivity contribution is 8.14. The van der Waals surface area contributed by atoms with Crippen LogP contribution < -0.4 is 16.0 Å². The zero-order chi connectivity index (χ0) is 17.1. The van der Waals surface area contributed by atoms with Crippen LogP contribution in [0.1, 0.15) is 17.3 Å². The lowest BCUT2D eigenvalue weighted by Gasteiger charge is -2.06. The molecule has 0 aliphatic carbocycles. The molecule has 0 atom stereocenters. The Labute approximate surface area is 138 Å². The standard InChI is InChI=1S/C15H19N3O4S/c1-2-16-12(19)8-17-13(20)9-18-14(21)10-23-15(22)11-6-4-3-5-7-11/h3-7H,2,8-10H2,1H3,(H,16,19)(H,17,20)(H,18,21). The number of thioether (sulfide) groups is 1. The molecule has 1 aromatic rings. The smallest absolute Gasteiger partial charge is 0.239 e. The molecule has 3 N–H and O–H groups in total. The summed E-state index contributed by atoms with van der Waals surface area (Å²) in [7, 11) is 0. The third-order valence-electron chi connectivity index (χ3n) is 2.61. The Morgan fingerprint density at radius 1 is 0.870 bits per heavy atom. The number of likely N-dealkylation sites (N-methyl/N-ethyl adjacent to an activating group) is 1. The highest BCUT2D eigenvalue weighted by Crippen LogP contribution is 2.11. The SMILES string of the molecule is CCNC(=O)CNC(=O)CNC(=O)CSC(=O)c1ccccc1. The van der Waals surface area contributed by atoms with Gasteiger partial charge in [-0.2, -0.15) is 0 Å². The van der Waals surface area contributed by atoms with E-state index in [4.69, 9.17) is 0 Å². The summed E-state index contributed by atoms with van der Waals surface area (Å²) in [5.74, 6) is -1.26. The largest absolute Gasteiger partial charge is 0.355 e. The quantitative estimate of drug-likeness (QED) is 0.616. The average Bonchev–Trinajstić information content (AvgIpc) is 2.57. The van der Waals surface area contributed by atoms with Gasteiger partial charge in [-0.3, -0.25) is 19.2 Å². The number of rotatable bonds is 8. The second-order valence-corrected chi connectivity index (χ2v) is 5.40. The maximum absolute atomic E-state index is 11.8. The summed E-state index contributed by atoms with van der Waals surface area (Å²) >= 11 is 0.867. The molecule has 1 rings (SSSR count). The molecule has 0 saturated heterocycles. The lowest BCUT2D eigenvalue weighted by molar-refractivity contribution is -0.127. The number of benzene rings is 1. The monoisotopic (exact) mass is 337 g/mol. The fourth-order valence-corrected chi connectivity index (χ4v) is 2.19. The molecule has 124 valence electrons. The van der Waals surface area contributed by atoms with Gasteiger partial charge in [0.2, 0.25) is 22.8 Å². The first-order valence-electron chi connectivity index (χ1n) is 7.05. The van der Waals surface area contributed by atoms with Crippen LogP contribution in [0.2, 0.25) is 0 Å². The van der Waals surface area contributed by atoms with Crippen molar-refractivity contribution >= 4 is 34.6 Å². The van der Waals surface area contributed by atoms with Crippen LogP contribution in [0.5, 0.6) is 0 Å². The molecule has 0 radical (unpaired) electrons. The van der Waals surface area contributed by atoms with Gasteiger partial charge in [0.25, 0.3) is 0 Å². The maximum atomic E-state index is 11.8. The molecule has 0 spiro atoms. The van der Waals surface area contributed by atoms with Crippen LogP contribution in [0.25, 0.3) is 0 Å². The van der Waals surface area contributed by atoms with E-state index in [1.807, 2.05) is 0 Å². The van der Waals surface area contributed by atoms with E-state index in [-0.39, 0.29) is 29.9 Å². The van der Waals surface area contributed by atoms with E-state index in [0.29, 0.717) is 12.1 Å². The lowest BCUT2D eigenvalue weighted by Crippen LogP contribution is -2.42. The Hall–Kier alpha value is -2.35. The molecule has 1 aromatic carbocycles. The van der Waals surface area contributed by atoms with Crippen LogP contribution in [-0.2, 0) is 14.4 Å². The fourth-order valence-electron chi connectivity index (χ4n) is 1.52. The van der Waals surface area contributed by atoms with Gasteiger partial charge < -0.3 is 16.0 Å². The maximum Gasteiger partial charge on any atom is 0.239 e. The summed E-state index contributed by atoms with van der Waals surface area (Å²) in [6.07, 6.45) is 0. The predicted octanol–water partition coefficient (Wildman–Crippen LogP) is -0.0715. The number of hydrogen-bond donors (Lipinski definition) is 3. The Morgan fingerprint density at radius 3 is 2.04 bits per heavy atom. The number of carbonyl (C=O) groups excluding carboxylic acids is 4. The molecule has 0 aliphatic heterocycles. The number of carbonyl (C=O) groups is 4. The Kier molecular flexibility index (Phi) is 8.45. The minimum absolute atomic E-state index is 0.0721. The molecule has 0 bridgehead atoms. The van der Waals surface area contributed by atoms with Gasteiger partial charge in [-0.15, -0.1) is 0 Å². The molecule has 0 heterocycles. The van der Waals surface area contributed by atoms with Crippen LogP contribution >= 0.6 is 11.8 Å². The van der Waals surface area contributed by atoms with Crippen molar-refractivity contribution in [1.29, 1.82) is 0 Å². The predicted molar refractivity (Wildman–Crippen MR) is 87.9 cm³/mol. The van der Waals surface area contributed by atoms with Crippen molar-refractivity contribution in [3.63, 3.8) is 0 Å². The highest BCUT2D eigenvalue weighted by Gasteiger charge is 2.11. The summed E-state index contributed by atoms with van der Waals surface area (Å²) in [5, 5.41) is 7.09. The fraction of sp³-hybridized carbons (Fsp3) is 0.333. The Bertz CT molecular complexity index is 563. The van der Waals surface area contributed by atoms with Crippen molar-refractivity contribution in [2.45, 2.75) is 6.92 Å². The molecular weight excluding hydrogens is 318 g/mol. The summed E-state index contributed by atoms with van der Waals surface area (Å²) in [4.78, 5) is 45.9. The van der Waals surface area contributed by atoms with Gasteiger partial charge in [-0.1, -0.05) is 42.1 Å². The van der Waals surface area contributed by atoms with Crippen molar-refractivity contribution in [3.05, 3.63) is 35.9 Å². The van der Waals surface area contributed by atoms with E-state index in [9.17, 15) is 19.2 Å². The zero-order valence-electron chi connectivity index (χ0n) is 12.8. The first-order chi connectivity index (χ1) is 11.0. The van der Waals surface area contributed by atoms with Gasteiger partial charge in [0.05, 0.1) is 18.8 Å². The van der Waals surface area contributed by atoms with E-state index >= 15 is 0 Å². The minimum Gasteiger partial charge on any atom is -0.355 e. The lowest BCUT2D eigenvalue weighted by atomic mass is 10.2. The molecule has 0 aliphatic rings. The van der Waals surface area contributed by atoms with Gasteiger partial charge in [0.1, 0.15) is 0 Å². The second kappa shape index (κ2) is 10.4. The van der Waals surface area contributed by atoms with E-state index in [2.05, 4.69) is 16.0 Å². The molecule has 23 heavy (non-hydrogen) atoms. The molecule has 3 amide bonds. The van der Waals surface area contributed by atoms with Gasteiger partial charge in [-0.05, 0) is 6.92 Å². The third-order valence-corrected chi connectivity index (χ3v) is 3.51. The van der Waals surface area contributed by atoms with Crippen molar-refractivity contribution in [1.82, 2.24) is 16.0 Å². The summed E-state index contributed by atoms with van der Waals surface area (Å²) < 4.78 is 0. The Balaban J connectivity index is 2.20.